The zero-order valence-electron chi connectivity index (χ0n) is 18.7. The molecule has 0 unspecified atom stereocenters. The average molecular weight is 435 g/mol. The van der Waals surface area contributed by atoms with Crippen molar-refractivity contribution in [2.24, 2.45) is 0 Å². The summed E-state index contributed by atoms with van der Waals surface area (Å²) in [6, 6.07) is 13.2. The number of hydrogen-bond acceptors (Lipinski definition) is 3. The van der Waals surface area contributed by atoms with Gasteiger partial charge in [0.15, 0.2) is 0 Å². The zero-order chi connectivity index (χ0) is 22.5. The van der Waals surface area contributed by atoms with Gasteiger partial charge in [-0.15, -0.1) is 0 Å². The number of benzene rings is 2. The molecule has 0 bridgehead atoms. The van der Waals surface area contributed by atoms with E-state index in [4.69, 9.17) is 4.74 Å². The van der Waals surface area contributed by atoms with Crippen LogP contribution in [0, 0.1) is 6.92 Å². The Labute approximate surface area is 188 Å². The maximum atomic E-state index is 12.8. The molecule has 2 heterocycles. The number of fused-ring (bicyclic) bond motifs is 1. The number of carbonyl (C=O) groups is 2. The van der Waals surface area contributed by atoms with E-state index >= 15 is 0 Å². The maximum absolute atomic E-state index is 12.8. The summed E-state index contributed by atoms with van der Waals surface area (Å²) in [7, 11) is 1.63. The van der Waals surface area contributed by atoms with Crippen LogP contribution in [-0.4, -0.2) is 41.6 Å². The Morgan fingerprint density at radius 1 is 1.03 bits per heavy atom. The Morgan fingerprint density at radius 3 is 2.50 bits per heavy atom. The second-order valence-corrected chi connectivity index (χ2v) is 8.28. The summed E-state index contributed by atoms with van der Waals surface area (Å²) in [5, 5.41) is 6.74. The lowest BCUT2D eigenvalue weighted by atomic mass is 10.1. The maximum Gasteiger partial charge on any atom is 0.319 e. The molecule has 0 saturated carbocycles. The molecule has 1 aromatic heterocycles. The standard InChI is InChI=1S/C25H30N4O3/c1-18-6-8-20(9-7-18)27-25(31)26-15-19-16-29(17-24(30)28-12-4-3-5-13-28)23-11-10-21(32-2)14-22(19)23/h6-11,14,16H,3-5,12-13,15,17H2,1-2H3,(H2,26,27,31). The molecule has 32 heavy (non-hydrogen) atoms. The van der Waals surface area contributed by atoms with E-state index < -0.39 is 0 Å². The Morgan fingerprint density at radius 2 is 1.78 bits per heavy atom. The fraction of sp³-hybridized carbons (Fsp3) is 0.360. The van der Waals surface area contributed by atoms with Crippen LogP contribution in [0.1, 0.15) is 30.4 Å². The Bertz CT molecular complexity index is 1100. The number of nitrogens with one attached hydrogen (secondary N) is 2. The number of aromatic nitrogens is 1. The number of anilines is 1. The molecule has 0 radical (unpaired) electrons. The van der Waals surface area contributed by atoms with Crippen molar-refractivity contribution in [3.05, 3.63) is 59.8 Å². The van der Waals surface area contributed by atoms with Crippen molar-refractivity contribution < 1.29 is 14.3 Å². The van der Waals surface area contributed by atoms with Crippen molar-refractivity contribution in [1.29, 1.82) is 0 Å². The van der Waals surface area contributed by atoms with Gasteiger partial charge in [-0.25, -0.2) is 4.79 Å². The molecular formula is C25H30N4O3. The van der Waals surface area contributed by atoms with Gasteiger partial charge in [0, 0.05) is 42.4 Å². The van der Waals surface area contributed by atoms with Gasteiger partial charge in [-0.2, -0.15) is 0 Å². The number of rotatable bonds is 6. The van der Waals surface area contributed by atoms with Gasteiger partial charge in [0.2, 0.25) is 5.91 Å². The molecular weight excluding hydrogens is 404 g/mol. The minimum atomic E-state index is -0.276. The molecule has 1 saturated heterocycles. The number of ether oxygens (including phenoxy) is 1. The van der Waals surface area contributed by atoms with E-state index in [2.05, 4.69) is 10.6 Å². The predicted octanol–water partition coefficient (Wildman–Crippen LogP) is 4.29. The number of urea groups is 1. The molecule has 2 aromatic carbocycles. The third-order valence-electron chi connectivity index (χ3n) is 5.93. The Hall–Kier alpha value is -3.48. The van der Waals surface area contributed by atoms with Crippen molar-refractivity contribution in [2.75, 3.05) is 25.5 Å². The molecule has 168 valence electrons. The minimum Gasteiger partial charge on any atom is -0.497 e. The highest BCUT2D eigenvalue weighted by atomic mass is 16.5. The van der Waals surface area contributed by atoms with Gasteiger partial charge in [-0.05, 0) is 62.1 Å². The largest absolute Gasteiger partial charge is 0.497 e. The fourth-order valence-electron chi connectivity index (χ4n) is 4.13. The van der Waals surface area contributed by atoms with Crippen LogP contribution in [0.3, 0.4) is 0 Å². The lowest BCUT2D eigenvalue weighted by Crippen LogP contribution is -2.37. The second kappa shape index (κ2) is 9.77. The van der Waals surface area contributed by atoms with Gasteiger partial charge in [-0.3, -0.25) is 4.79 Å². The molecule has 1 aliphatic heterocycles. The normalized spacial score (nSPS) is 13.8. The highest BCUT2D eigenvalue weighted by Gasteiger charge is 2.19. The third kappa shape index (κ3) is 5.04. The molecule has 1 aliphatic rings. The molecule has 3 amide bonds. The highest BCUT2D eigenvalue weighted by molar-refractivity contribution is 5.91. The summed E-state index contributed by atoms with van der Waals surface area (Å²) >= 11 is 0. The van der Waals surface area contributed by atoms with E-state index in [1.807, 2.05) is 65.1 Å². The number of piperidine rings is 1. The molecule has 4 rings (SSSR count). The van der Waals surface area contributed by atoms with E-state index in [9.17, 15) is 9.59 Å². The molecule has 0 atom stereocenters. The van der Waals surface area contributed by atoms with Crippen LogP contribution in [-0.2, 0) is 17.9 Å². The molecule has 3 aromatic rings. The number of methoxy groups -OCH3 is 1. The third-order valence-corrected chi connectivity index (χ3v) is 5.93. The Balaban J connectivity index is 1.50. The van der Waals surface area contributed by atoms with Crippen LogP contribution < -0.4 is 15.4 Å². The number of aryl methyl sites for hydroxylation is 1. The first kappa shape index (κ1) is 21.7. The van der Waals surface area contributed by atoms with Crippen LogP contribution in [0.15, 0.2) is 48.7 Å². The van der Waals surface area contributed by atoms with Crippen LogP contribution in [0.2, 0.25) is 0 Å². The van der Waals surface area contributed by atoms with Gasteiger partial charge in [0.1, 0.15) is 12.3 Å². The summed E-state index contributed by atoms with van der Waals surface area (Å²) in [5.41, 5.74) is 3.76. The first-order valence-electron chi connectivity index (χ1n) is 11.1. The highest BCUT2D eigenvalue weighted by Crippen LogP contribution is 2.26. The predicted molar refractivity (Wildman–Crippen MR) is 126 cm³/mol. The van der Waals surface area contributed by atoms with E-state index in [1.165, 1.54) is 6.42 Å². The van der Waals surface area contributed by atoms with E-state index in [0.29, 0.717) is 13.1 Å². The molecule has 0 spiro atoms. The second-order valence-electron chi connectivity index (χ2n) is 8.28. The molecule has 7 heteroatoms. The van der Waals surface area contributed by atoms with Crippen molar-refractivity contribution in [1.82, 2.24) is 14.8 Å². The van der Waals surface area contributed by atoms with E-state index in [1.54, 1.807) is 7.11 Å². The van der Waals surface area contributed by atoms with Crippen LogP contribution >= 0.6 is 0 Å². The fourth-order valence-corrected chi connectivity index (χ4v) is 4.13. The SMILES string of the molecule is COc1ccc2c(c1)c(CNC(=O)Nc1ccc(C)cc1)cn2CC(=O)N1CCCCC1. The van der Waals surface area contributed by atoms with Gasteiger partial charge in [-0.1, -0.05) is 17.7 Å². The number of likely N-dealkylation sites (tertiary alicyclic amines) is 1. The zero-order valence-corrected chi connectivity index (χ0v) is 18.7. The van der Waals surface area contributed by atoms with Crippen LogP contribution in [0.4, 0.5) is 10.5 Å². The number of nitrogens with zero attached hydrogens (tertiary/aromatic N) is 2. The summed E-state index contributed by atoms with van der Waals surface area (Å²) in [6.07, 6.45) is 5.29. The lowest BCUT2D eigenvalue weighted by Gasteiger charge is -2.27. The minimum absolute atomic E-state index is 0.133. The number of amides is 3. The van der Waals surface area contributed by atoms with Crippen LogP contribution in [0.25, 0.3) is 10.9 Å². The summed E-state index contributed by atoms with van der Waals surface area (Å²) in [5.74, 6) is 0.872. The van der Waals surface area contributed by atoms with E-state index in [-0.39, 0.29) is 11.9 Å². The average Bonchev–Trinajstić information content (AvgIpc) is 3.16. The smallest absolute Gasteiger partial charge is 0.319 e. The summed E-state index contributed by atoms with van der Waals surface area (Å²) in [4.78, 5) is 27.2. The number of carbonyl (C=O) groups excluding carboxylic acids is 2. The summed E-state index contributed by atoms with van der Waals surface area (Å²) in [6.45, 7) is 4.30. The van der Waals surface area contributed by atoms with E-state index in [0.717, 1.165) is 59.4 Å². The molecule has 7 nitrogen and oxygen atoms in total. The number of hydrogen-bond donors (Lipinski definition) is 2. The quantitative estimate of drug-likeness (QED) is 0.608. The molecule has 2 N–H and O–H groups in total. The van der Waals surface area contributed by atoms with Crippen molar-refractivity contribution >= 4 is 28.5 Å². The monoisotopic (exact) mass is 434 g/mol. The van der Waals surface area contributed by atoms with Crippen molar-refractivity contribution in [2.45, 2.75) is 39.3 Å². The molecule has 0 aliphatic carbocycles. The Kier molecular flexibility index (Phi) is 6.63. The van der Waals surface area contributed by atoms with Gasteiger partial charge in [0.05, 0.1) is 7.11 Å². The first-order chi connectivity index (χ1) is 15.5. The van der Waals surface area contributed by atoms with Gasteiger partial charge in [0.25, 0.3) is 0 Å². The van der Waals surface area contributed by atoms with Gasteiger partial charge < -0.3 is 24.8 Å². The lowest BCUT2D eigenvalue weighted by molar-refractivity contribution is -0.132. The first-order valence-corrected chi connectivity index (χ1v) is 11.1. The van der Waals surface area contributed by atoms with Gasteiger partial charge >= 0.3 is 6.03 Å². The molecule has 1 fully saturated rings. The summed E-state index contributed by atoms with van der Waals surface area (Å²) < 4.78 is 7.37. The van der Waals surface area contributed by atoms with Crippen LogP contribution in [0.5, 0.6) is 5.75 Å². The van der Waals surface area contributed by atoms with Crippen molar-refractivity contribution in [3.63, 3.8) is 0 Å². The topological polar surface area (TPSA) is 75.6 Å². The van der Waals surface area contributed by atoms with Crippen molar-refractivity contribution in [3.8, 4) is 5.75 Å².